The van der Waals surface area contributed by atoms with Crippen LogP contribution in [0.15, 0.2) is 18.2 Å². The van der Waals surface area contributed by atoms with E-state index in [9.17, 15) is 9.59 Å². The number of carbonyl (C=O) groups excluding carboxylic acids is 2. The van der Waals surface area contributed by atoms with Crippen molar-refractivity contribution in [3.05, 3.63) is 34.9 Å². The molecular weight excluding hydrogens is 306 g/mol. The first-order valence-corrected chi connectivity index (χ1v) is 8.79. The quantitative estimate of drug-likeness (QED) is 0.862. The van der Waals surface area contributed by atoms with E-state index >= 15 is 0 Å². The smallest absolute Gasteiger partial charge is 0.407 e. The third kappa shape index (κ3) is 2.93. The maximum atomic E-state index is 11.4. The number of cyclic esters (lactones) is 1. The molecule has 0 radical (unpaired) electrons. The lowest BCUT2D eigenvalue weighted by molar-refractivity contribution is -0.113. The molecule has 0 bridgehead atoms. The lowest BCUT2D eigenvalue weighted by Crippen LogP contribution is -2.40. The number of fused-ring (bicyclic) bond motifs is 1. The molecule has 0 aromatic heterocycles. The van der Waals surface area contributed by atoms with Gasteiger partial charge in [-0.15, -0.1) is 0 Å². The Labute approximate surface area is 141 Å². The van der Waals surface area contributed by atoms with E-state index in [1.54, 1.807) is 0 Å². The second-order valence-electron chi connectivity index (χ2n) is 7.31. The second kappa shape index (κ2) is 6.20. The van der Waals surface area contributed by atoms with Gasteiger partial charge in [0, 0.05) is 0 Å². The average Bonchev–Trinajstić information content (AvgIpc) is 3.18. The number of rotatable bonds is 4. The van der Waals surface area contributed by atoms with Crippen LogP contribution in [0.3, 0.4) is 0 Å². The van der Waals surface area contributed by atoms with Crippen molar-refractivity contribution in [3.63, 3.8) is 0 Å². The fourth-order valence-corrected chi connectivity index (χ4v) is 4.46. The number of aldehydes is 1. The van der Waals surface area contributed by atoms with Crippen LogP contribution in [-0.4, -0.2) is 37.2 Å². The molecule has 5 nitrogen and oxygen atoms in total. The molecule has 2 fully saturated rings. The van der Waals surface area contributed by atoms with Crippen molar-refractivity contribution in [1.82, 2.24) is 5.32 Å². The van der Waals surface area contributed by atoms with Gasteiger partial charge in [-0.1, -0.05) is 18.2 Å². The topological polar surface area (TPSA) is 64.6 Å². The summed E-state index contributed by atoms with van der Waals surface area (Å²) in [6.07, 6.45) is 6.62. The summed E-state index contributed by atoms with van der Waals surface area (Å²) in [5.74, 6) is 0.487. The minimum Gasteiger partial charge on any atom is -0.447 e. The maximum Gasteiger partial charge on any atom is 0.407 e. The zero-order valence-electron chi connectivity index (χ0n) is 13.8. The first-order valence-electron chi connectivity index (χ1n) is 8.79. The highest BCUT2D eigenvalue weighted by Gasteiger charge is 2.46. The van der Waals surface area contributed by atoms with Gasteiger partial charge in [0.1, 0.15) is 19.5 Å². The Balaban J connectivity index is 1.45. The summed E-state index contributed by atoms with van der Waals surface area (Å²) in [6, 6.07) is 6.78. The molecule has 1 aliphatic heterocycles. The first kappa shape index (κ1) is 15.6. The minimum atomic E-state index is -0.276. The number of alkyl carbamates (subject to hydrolysis) is 1. The second-order valence-corrected chi connectivity index (χ2v) is 7.31. The van der Waals surface area contributed by atoms with Gasteiger partial charge in [-0.2, -0.15) is 0 Å². The molecule has 1 saturated heterocycles. The molecule has 3 aliphatic rings. The third-order valence-electron chi connectivity index (χ3n) is 5.74. The molecule has 1 aromatic carbocycles. The summed E-state index contributed by atoms with van der Waals surface area (Å²) in [7, 11) is 0. The number of hydrogen-bond acceptors (Lipinski definition) is 4. The predicted octanol–water partition coefficient (Wildman–Crippen LogP) is 2.51. The van der Waals surface area contributed by atoms with Crippen molar-refractivity contribution in [2.45, 2.75) is 56.1 Å². The molecule has 1 N–H and O–H groups in total. The van der Waals surface area contributed by atoms with Crippen molar-refractivity contribution in [2.75, 3.05) is 13.2 Å². The molecule has 3 atom stereocenters. The van der Waals surface area contributed by atoms with Crippen LogP contribution in [0.2, 0.25) is 0 Å². The monoisotopic (exact) mass is 329 g/mol. The van der Waals surface area contributed by atoms with Crippen molar-refractivity contribution in [2.24, 2.45) is 0 Å². The highest BCUT2D eigenvalue weighted by molar-refractivity contribution is 5.70. The Morgan fingerprint density at radius 2 is 2.25 bits per heavy atom. The number of benzene rings is 1. The van der Waals surface area contributed by atoms with Crippen LogP contribution < -0.4 is 5.32 Å². The molecule has 128 valence electrons. The number of carbonyl (C=O) groups is 2. The lowest BCUT2D eigenvalue weighted by Gasteiger charge is -2.26. The first-order chi connectivity index (χ1) is 11.7. The van der Waals surface area contributed by atoms with E-state index in [-0.39, 0.29) is 24.3 Å². The van der Waals surface area contributed by atoms with Crippen LogP contribution in [0.25, 0.3) is 0 Å². The van der Waals surface area contributed by atoms with Gasteiger partial charge in [0.05, 0.1) is 11.6 Å². The fraction of sp³-hybridized carbons (Fsp3) is 0.579. The van der Waals surface area contributed by atoms with Crippen LogP contribution >= 0.6 is 0 Å². The fourth-order valence-electron chi connectivity index (χ4n) is 4.46. The molecule has 1 amide bonds. The van der Waals surface area contributed by atoms with E-state index in [0.29, 0.717) is 12.5 Å². The van der Waals surface area contributed by atoms with Gasteiger partial charge in [0.2, 0.25) is 0 Å². The van der Waals surface area contributed by atoms with Crippen LogP contribution in [0.5, 0.6) is 0 Å². The van der Waals surface area contributed by atoms with Crippen molar-refractivity contribution in [3.8, 4) is 0 Å². The Hall–Kier alpha value is -1.88. The summed E-state index contributed by atoms with van der Waals surface area (Å²) in [6.45, 7) is 0.694. The van der Waals surface area contributed by atoms with E-state index in [1.807, 2.05) is 0 Å². The summed E-state index contributed by atoms with van der Waals surface area (Å²) in [5.41, 5.74) is 3.97. The Kier molecular flexibility index (Phi) is 4.04. The van der Waals surface area contributed by atoms with Gasteiger partial charge < -0.3 is 19.6 Å². The molecule has 1 heterocycles. The van der Waals surface area contributed by atoms with Crippen molar-refractivity contribution >= 4 is 12.4 Å². The van der Waals surface area contributed by atoms with E-state index in [4.69, 9.17) is 9.47 Å². The van der Waals surface area contributed by atoms with E-state index < -0.39 is 0 Å². The number of nitrogens with one attached hydrogen (secondary N) is 1. The molecule has 2 aliphatic carbocycles. The van der Waals surface area contributed by atoms with Gasteiger partial charge in [-0.05, 0) is 61.1 Å². The molecule has 1 spiro atoms. The van der Waals surface area contributed by atoms with Crippen LogP contribution in [-0.2, 0) is 27.1 Å². The van der Waals surface area contributed by atoms with E-state index in [1.165, 1.54) is 16.7 Å². The molecule has 1 saturated carbocycles. The highest BCUT2D eigenvalue weighted by Crippen LogP contribution is 2.43. The van der Waals surface area contributed by atoms with E-state index in [0.717, 1.165) is 44.8 Å². The molecule has 24 heavy (non-hydrogen) atoms. The van der Waals surface area contributed by atoms with Gasteiger partial charge in [-0.25, -0.2) is 4.79 Å². The summed E-state index contributed by atoms with van der Waals surface area (Å²) in [5, 5.41) is 3.01. The Morgan fingerprint density at radius 3 is 3.04 bits per heavy atom. The van der Waals surface area contributed by atoms with Crippen molar-refractivity contribution in [1.29, 1.82) is 0 Å². The Bertz CT molecular complexity index is 659. The van der Waals surface area contributed by atoms with E-state index in [2.05, 4.69) is 23.5 Å². The Morgan fingerprint density at radius 1 is 1.33 bits per heavy atom. The molecule has 4 rings (SSSR count). The molecular formula is C19H23NO4. The SMILES string of the molecule is O=CCO[C@H]1CCc2cc([C@H]3CC[C@]4(COC(=O)N4)C3)ccc2C1. The normalized spacial score (nSPS) is 31.6. The van der Waals surface area contributed by atoms with Crippen LogP contribution in [0.1, 0.15) is 48.3 Å². The highest BCUT2D eigenvalue weighted by atomic mass is 16.6. The lowest BCUT2D eigenvalue weighted by atomic mass is 9.85. The molecule has 5 heteroatoms. The summed E-state index contributed by atoms with van der Waals surface area (Å²) in [4.78, 5) is 21.8. The molecule has 0 unspecified atom stereocenters. The predicted molar refractivity (Wildman–Crippen MR) is 88.1 cm³/mol. The number of ether oxygens (including phenoxy) is 2. The average molecular weight is 329 g/mol. The van der Waals surface area contributed by atoms with Gasteiger partial charge in [0.15, 0.2) is 0 Å². The zero-order chi connectivity index (χ0) is 16.6. The summed E-state index contributed by atoms with van der Waals surface area (Å²) < 4.78 is 10.7. The summed E-state index contributed by atoms with van der Waals surface area (Å²) >= 11 is 0. The van der Waals surface area contributed by atoms with Gasteiger partial charge in [0.25, 0.3) is 0 Å². The number of amides is 1. The van der Waals surface area contributed by atoms with Crippen LogP contribution in [0, 0.1) is 0 Å². The number of aryl methyl sites for hydroxylation is 1. The minimum absolute atomic E-state index is 0.147. The standard InChI is InChI=1S/C19H23NO4/c21-7-8-23-17-4-3-13-9-14(1-2-15(13)10-17)16-5-6-19(11-16)12-24-18(22)20-19/h1-2,7,9,16-17H,3-6,8,10-12H2,(H,20,22)/t16-,17-,19+/m0/s1. The largest absolute Gasteiger partial charge is 0.447 e. The molecule has 1 aromatic rings. The van der Waals surface area contributed by atoms with Gasteiger partial charge in [-0.3, -0.25) is 0 Å². The van der Waals surface area contributed by atoms with Crippen LogP contribution in [0.4, 0.5) is 4.79 Å². The van der Waals surface area contributed by atoms with Crippen molar-refractivity contribution < 1.29 is 19.1 Å². The third-order valence-corrected chi connectivity index (χ3v) is 5.74. The number of hydrogen-bond donors (Lipinski definition) is 1. The van der Waals surface area contributed by atoms with Gasteiger partial charge >= 0.3 is 6.09 Å². The zero-order valence-corrected chi connectivity index (χ0v) is 13.8. The maximum absolute atomic E-state index is 11.4.